The third-order valence-corrected chi connectivity index (χ3v) is 3.57. The van der Waals surface area contributed by atoms with Crippen LogP contribution in [0, 0.1) is 0 Å². The first kappa shape index (κ1) is 18.5. The second kappa shape index (κ2) is 7.83. The molecule has 0 aliphatic rings. The molecule has 0 fully saturated rings. The first-order valence-corrected chi connectivity index (χ1v) is 8.16. The summed E-state index contributed by atoms with van der Waals surface area (Å²) in [6.07, 6.45) is 0. The Bertz CT molecular complexity index is 764. The number of hydrogen-bond donors (Lipinski definition) is 2. The van der Waals surface area contributed by atoms with Crippen molar-refractivity contribution in [3.05, 3.63) is 54.1 Å². The van der Waals surface area contributed by atoms with Crippen molar-refractivity contribution in [3.8, 4) is 5.75 Å². The highest BCUT2D eigenvalue weighted by molar-refractivity contribution is 5.93. The molecule has 132 valence electrons. The number of anilines is 2. The summed E-state index contributed by atoms with van der Waals surface area (Å²) in [7, 11) is 0. The third-order valence-electron chi connectivity index (χ3n) is 3.57. The van der Waals surface area contributed by atoms with E-state index in [1.54, 1.807) is 24.3 Å². The molecule has 2 rings (SSSR count). The summed E-state index contributed by atoms with van der Waals surface area (Å²) in [5.41, 5.74) is 2.29. The van der Waals surface area contributed by atoms with Crippen molar-refractivity contribution in [2.45, 2.75) is 33.1 Å². The Hall–Kier alpha value is -2.82. The lowest BCUT2D eigenvalue weighted by atomic mass is 9.86. The average molecular weight is 340 g/mol. The number of benzene rings is 2. The Morgan fingerprint density at radius 2 is 1.52 bits per heavy atom. The molecule has 2 amide bonds. The van der Waals surface area contributed by atoms with Crippen molar-refractivity contribution in [2.75, 3.05) is 17.2 Å². The molecule has 25 heavy (non-hydrogen) atoms. The van der Waals surface area contributed by atoms with Crippen molar-refractivity contribution in [1.29, 1.82) is 0 Å². The van der Waals surface area contributed by atoms with E-state index in [-0.39, 0.29) is 23.8 Å². The van der Waals surface area contributed by atoms with E-state index in [4.69, 9.17) is 4.74 Å². The monoisotopic (exact) mass is 340 g/mol. The predicted molar refractivity (Wildman–Crippen MR) is 100 cm³/mol. The van der Waals surface area contributed by atoms with Crippen LogP contribution in [0.15, 0.2) is 48.5 Å². The molecule has 2 aromatic rings. The van der Waals surface area contributed by atoms with Crippen molar-refractivity contribution in [1.82, 2.24) is 0 Å². The smallest absolute Gasteiger partial charge is 0.262 e. The largest absolute Gasteiger partial charge is 0.482 e. The van der Waals surface area contributed by atoms with Gasteiger partial charge in [-0.1, -0.05) is 51.1 Å². The fourth-order valence-electron chi connectivity index (χ4n) is 2.46. The summed E-state index contributed by atoms with van der Waals surface area (Å²) in [6.45, 7) is 7.57. The van der Waals surface area contributed by atoms with E-state index in [0.717, 1.165) is 11.3 Å². The summed E-state index contributed by atoms with van der Waals surface area (Å²) in [5.74, 6) is 0.00545. The van der Waals surface area contributed by atoms with Gasteiger partial charge in [0.1, 0.15) is 5.75 Å². The van der Waals surface area contributed by atoms with Gasteiger partial charge in [-0.15, -0.1) is 0 Å². The Morgan fingerprint density at radius 3 is 2.16 bits per heavy atom. The van der Waals surface area contributed by atoms with Gasteiger partial charge in [0.2, 0.25) is 5.91 Å². The van der Waals surface area contributed by atoms with E-state index >= 15 is 0 Å². The molecular weight excluding hydrogens is 316 g/mol. The van der Waals surface area contributed by atoms with Gasteiger partial charge in [-0.25, -0.2) is 0 Å². The maximum Gasteiger partial charge on any atom is 0.262 e. The second-order valence-corrected chi connectivity index (χ2v) is 6.81. The minimum atomic E-state index is -0.255. The number of carbonyl (C=O) groups excluding carboxylic acids is 2. The topological polar surface area (TPSA) is 67.4 Å². The molecule has 0 saturated carbocycles. The Kier molecular flexibility index (Phi) is 5.80. The average Bonchev–Trinajstić information content (AvgIpc) is 2.53. The Balaban J connectivity index is 2.05. The van der Waals surface area contributed by atoms with Gasteiger partial charge in [0.15, 0.2) is 6.61 Å². The molecule has 0 bridgehead atoms. The van der Waals surface area contributed by atoms with Crippen LogP contribution in [0.25, 0.3) is 0 Å². The Labute approximate surface area is 148 Å². The van der Waals surface area contributed by atoms with Crippen molar-refractivity contribution in [3.63, 3.8) is 0 Å². The van der Waals surface area contributed by atoms with Crippen LogP contribution in [-0.4, -0.2) is 18.4 Å². The molecule has 0 aliphatic heterocycles. The zero-order valence-corrected chi connectivity index (χ0v) is 15.1. The molecule has 0 saturated heterocycles. The maximum atomic E-state index is 12.3. The van der Waals surface area contributed by atoms with Crippen LogP contribution in [0.1, 0.15) is 33.3 Å². The predicted octanol–water partition coefficient (Wildman–Crippen LogP) is 3.96. The van der Waals surface area contributed by atoms with Crippen LogP contribution in [0.4, 0.5) is 11.4 Å². The standard InChI is InChI=1S/C20H24N2O3/c1-14(23)21-17-11-7-8-12-18(17)25-13-19(24)22-16-10-6-5-9-15(16)20(2,3)4/h5-12H,13H2,1-4H3,(H,21,23)(H,22,24). The molecule has 2 aromatic carbocycles. The molecule has 2 N–H and O–H groups in total. The van der Waals surface area contributed by atoms with E-state index in [2.05, 4.69) is 31.4 Å². The van der Waals surface area contributed by atoms with E-state index in [9.17, 15) is 9.59 Å². The summed E-state index contributed by atoms with van der Waals surface area (Å²) in [6, 6.07) is 14.7. The quantitative estimate of drug-likeness (QED) is 0.866. The molecular formula is C20H24N2O3. The summed E-state index contributed by atoms with van der Waals surface area (Å²) in [5, 5.41) is 5.58. The van der Waals surface area contributed by atoms with Crippen LogP contribution in [0.2, 0.25) is 0 Å². The number of amides is 2. The van der Waals surface area contributed by atoms with Gasteiger partial charge < -0.3 is 15.4 Å². The van der Waals surface area contributed by atoms with Crippen molar-refractivity contribution in [2.24, 2.45) is 0 Å². The third kappa shape index (κ3) is 5.35. The molecule has 5 nitrogen and oxygen atoms in total. The van der Waals surface area contributed by atoms with Gasteiger partial charge in [-0.2, -0.15) is 0 Å². The van der Waals surface area contributed by atoms with E-state index < -0.39 is 0 Å². The second-order valence-electron chi connectivity index (χ2n) is 6.81. The zero-order valence-electron chi connectivity index (χ0n) is 15.1. The lowest BCUT2D eigenvalue weighted by molar-refractivity contribution is -0.118. The molecule has 0 atom stereocenters. The number of rotatable bonds is 5. The van der Waals surface area contributed by atoms with Crippen LogP contribution < -0.4 is 15.4 Å². The fraction of sp³-hybridized carbons (Fsp3) is 0.300. The normalized spacial score (nSPS) is 10.9. The van der Waals surface area contributed by atoms with Crippen LogP contribution in [0.3, 0.4) is 0 Å². The van der Waals surface area contributed by atoms with E-state index in [0.29, 0.717) is 11.4 Å². The fourth-order valence-corrected chi connectivity index (χ4v) is 2.46. The Morgan fingerprint density at radius 1 is 0.920 bits per heavy atom. The summed E-state index contributed by atoms with van der Waals surface area (Å²) >= 11 is 0. The molecule has 0 aromatic heterocycles. The molecule has 0 radical (unpaired) electrons. The zero-order chi connectivity index (χ0) is 18.4. The lowest BCUT2D eigenvalue weighted by Gasteiger charge is -2.23. The molecule has 0 heterocycles. The number of hydrogen-bond acceptors (Lipinski definition) is 3. The van der Waals surface area contributed by atoms with Gasteiger partial charge in [0.05, 0.1) is 5.69 Å². The molecule has 5 heteroatoms. The number of nitrogens with one attached hydrogen (secondary N) is 2. The van der Waals surface area contributed by atoms with Crippen LogP contribution in [-0.2, 0) is 15.0 Å². The minimum Gasteiger partial charge on any atom is -0.482 e. The molecule has 0 aliphatic carbocycles. The maximum absolute atomic E-state index is 12.3. The minimum absolute atomic E-state index is 0.0806. The summed E-state index contributed by atoms with van der Waals surface area (Å²) < 4.78 is 5.57. The highest BCUT2D eigenvalue weighted by Crippen LogP contribution is 2.29. The van der Waals surface area contributed by atoms with Gasteiger partial charge in [-0.3, -0.25) is 9.59 Å². The SMILES string of the molecule is CC(=O)Nc1ccccc1OCC(=O)Nc1ccccc1C(C)(C)C. The number of ether oxygens (including phenoxy) is 1. The van der Waals surface area contributed by atoms with Crippen LogP contribution >= 0.6 is 0 Å². The first-order chi connectivity index (χ1) is 11.8. The first-order valence-electron chi connectivity index (χ1n) is 8.16. The van der Waals surface area contributed by atoms with Crippen molar-refractivity contribution < 1.29 is 14.3 Å². The lowest BCUT2D eigenvalue weighted by Crippen LogP contribution is -2.23. The van der Waals surface area contributed by atoms with Crippen molar-refractivity contribution >= 4 is 23.2 Å². The number of carbonyl (C=O) groups is 2. The van der Waals surface area contributed by atoms with E-state index in [1.165, 1.54) is 6.92 Å². The van der Waals surface area contributed by atoms with E-state index in [1.807, 2.05) is 24.3 Å². The van der Waals surface area contributed by atoms with Gasteiger partial charge in [0.25, 0.3) is 5.91 Å². The highest BCUT2D eigenvalue weighted by Gasteiger charge is 2.18. The van der Waals surface area contributed by atoms with Crippen LogP contribution in [0.5, 0.6) is 5.75 Å². The molecule has 0 unspecified atom stereocenters. The highest BCUT2D eigenvalue weighted by atomic mass is 16.5. The number of para-hydroxylation sites is 3. The van der Waals surface area contributed by atoms with Gasteiger partial charge in [0, 0.05) is 12.6 Å². The summed E-state index contributed by atoms with van der Waals surface area (Å²) in [4.78, 5) is 23.5. The van der Waals surface area contributed by atoms with Gasteiger partial charge >= 0.3 is 0 Å². The van der Waals surface area contributed by atoms with Gasteiger partial charge in [-0.05, 0) is 29.2 Å². The molecule has 0 spiro atoms.